The van der Waals surface area contributed by atoms with Crippen LogP contribution >= 0.6 is 12.2 Å². The first-order valence-corrected chi connectivity index (χ1v) is 6.44. The molecule has 0 bridgehead atoms. The minimum Gasteiger partial charge on any atom is -0.318 e. The summed E-state index contributed by atoms with van der Waals surface area (Å²) in [5.41, 5.74) is 3.15. The standard InChI is InChI=1S/C15H13N3S/c1-17-13-9-5-6-10-14(13)18(15(17)19)16-11-12-7-3-2-4-8-12/h2-11H,1H3/b16-11+. The van der Waals surface area contributed by atoms with Gasteiger partial charge in [-0.3, -0.25) is 0 Å². The molecule has 2 aromatic carbocycles. The SMILES string of the molecule is Cn1c(=S)n(/N=C/c2ccccc2)c2ccccc21. The summed E-state index contributed by atoms with van der Waals surface area (Å²) in [7, 11) is 1.96. The first-order chi connectivity index (χ1) is 9.27. The van der Waals surface area contributed by atoms with E-state index in [1.807, 2.05) is 72.4 Å². The van der Waals surface area contributed by atoms with E-state index in [4.69, 9.17) is 12.2 Å². The third-order valence-electron chi connectivity index (χ3n) is 3.06. The molecule has 1 heterocycles. The van der Waals surface area contributed by atoms with Gasteiger partial charge in [0.1, 0.15) is 0 Å². The molecule has 3 aromatic rings. The monoisotopic (exact) mass is 267 g/mol. The van der Waals surface area contributed by atoms with Crippen molar-refractivity contribution >= 4 is 29.5 Å². The fourth-order valence-corrected chi connectivity index (χ4v) is 2.29. The Morgan fingerprint density at radius 2 is 1.58 bits per heavy atom. The Bertz CT molecular complexity index is 797. The van der Waals surface area contributed by atoms with Gasteiger partial charge in [0.2, 0.25) is 4.77 Å². The van der Waals surface area contributed by atoms with Gasteiger partial charge < -0.3 is 4.57 Å². The highest BCUT2D eigenvalue weighted by atomic mass is 32.1. The maximum Gasteiger partial charge on any atom is 0.201 e. The number of fused-ring (bicyclic) bond motifs is 1. The lowest BCUT2D eigenvalue weighted by atomic mass is 10.2. The third kappa shape index (κ3) is 2.11. The van der Waals surface area contributed by atoms with Gasteiger partial charge in [0.05, 0.1) is 17.2 Å². The van der Waals surface area contributed by atoms with E-state index >= 15 is 0 Å². The van der Waals surface area contributed by atoms with E-state index in [0.717, 1.165) is 16.6 Å². The summed E-state index contributed by atoms with van der Waals surface area (Å²) in [6, 6.07) is 18.0. The molecule has 0 unspecified atom stereocenters. The first-order valence-electron chi connectivity index (χ1n) is 6.03. The molecule has 3 nitrogen and oxygen atoms in total. The molecule has 0 amide bonds. The number of imidazole rings is 1. The number of aryl methyl sites for hydroxylation is 1. The molecule has 0 radical (unpaired) electrons. The average molecular weight is 267 g/mol. The Balaban J connectivity index is 2.14. The second kappa shape index (κ2) is 4.82. The van der Waals surface area contributed by atoms with Crippen molar-refractivity contribution in [3.8, 4) is 0 Å². The molecule has 0 saturated carbocycles. The van der Waals surface area contributed by atoms with Crippen molar-refractivity contribution in [2.24, 2.45) is 12.1 Å². The Morgan fingerprint density at radius 1 is 0.947 bits per heavy atom. The van der Waals surface area contributed by atoms with E-state index in [-0.39, 0.29) is 0 Å². The van der Waals surface area contributed by atoms with Crippen LogP contribution in [0.5, 0.6) is 0 Å². The zero-order valence-corrected chi connectivity index (χ0v) is 11.3. The summed E-state index contributed by atoms with van der Waals surface area (Å²) in [5, 5.41) is 4.49. The van der Waals surface area contributed by atoms with Gasteiger partial charge in [-0.1, -0.05) is 42.5 Å². The molecule has 0 spiro atoms. The highest BCUT2D eigenvalue weighted by molar-refractivity contribution is 7.71. The second-order valence-electron chi connectivity index (χ2n) is 4.30. The topological polar surface area (TPSA) is 22.2 Å². The minimum atomic E-state index is 0.688. The Morgan fingerprint density at radius 3 is 2.32 bits per heavy atom. The molecule has 4 heteroatoms. The fraction of sp³-hybridized carbons (Fsp3) is 0.0667. The molecule has 19 heavy (non-hydrogen) atoms. The van der Waals surface area contributed by atoms with Crippen LogP contribution in [-0.4, -0.2) is 15.5 Å². The normalized spacial score (nSPS) is 11.4. The highest BCUT2D eigenvalue weighted by Crippen LogP contribution is 2.16. The lowest BCUT2D eigenvalue weighted by Gasteiger charge is -1.95. The van der Waals surface area contributed by atoms with Gasteiger partial charge in [0.25, 0.3) is 0 Å². The minimum absolute atomic E-state index is 0.688. The summed E-state index contributed by atoms with van der Waals surface area (Å²) >= 11 is 5.42. The predicted octanol–water partition coefficient (Wildman–Crippen LogP) is 3.59. The molecule has 3 rings (SSSR count). The lowest BCUT2D eigenvalue weighted by molar-refractivity contribution is 0.818. The van der Waals surface area contributed by atoms with Crippen LogP contribution < -0.4 is 0 Å². The fourth-order valence-electron chi connectivity index (χ4n) is 2.05. The summed E-state index contributed by atoms with van der Waals surface area (Å²) in [6.45, 7) is 0. The van der Waals surface area contributed by atoms with Gasteiger partial charge in [-0.25, -0.2) is 4.68 Å². The lowest BCUT2D eigenvalue weighted by Crippen LogP contribution is -1.93. The average Bonchev–Trinajstić information content (AvgIpc) is 2.71. The molecule has 0 aliphatic rings. The summed E-state index contributed by atoms with van der Waals surface area (Å²) < 4.78 is 4.44. The maximum absolute atomic E-state index is 5.42. The molecule has 0 aliphatic carbocycles. The van der Waals surface area contributed by atoms with Crippen LogP contribution in [0.3, 0.4) is 0 Å². The van der Waals surface area contributed by atoms with Crippen LogP contribution in [0.4, 0.5) is 0 Å². The van der Waals surface area contributed by atoms with E-state index in [0.29, 0.717) is 4.77 Å². The largest absolute Gasteiger partial charge is 0.318 e. The quantitative estimate of drug-likeness (QED) is 0.514. The zero-order chi connectivity index (χ0) is 13.2. The van der Waals surface area contributed by atoms with Gasteiger partial charge in [-0.2, -0.15) is 5.10 Å². The molecule has 0 fully saturated rings. The van der Waals surface area contributed by atoms with Crippen molar-refractivity contribution in [1.82, 2.24) is 9.24 Å². The molecule has 94 valence electrons. The van der Waals surface area contributed by atoms with Crippen molar-refractivity contribution < 1.29 is 0 Å². The van der Waals surface area contributed by atoms with Crippen molar-refractivity contribution in [2.45, 2.75) is 0 Å². The van der Waals surface area contributed by atoms with E-state index in [1.165, 1.54) is 0 Å². The number of hydrogen-bond donors (Lipinski definition) is 0. The second-order valence-corrected chi connectivity index (χ2v) is 4.66. The van der Waals surface area contributed by atoms with Crippen LogP contribution in [-0.2, 0) is 7.05 Å². The summed E-state index contributed by atoms with van der Waals surface area (Å²) in [5.74, 6) is 0. The predicted molar refractivity (Wildman–Crippen MR) is 81.2 cm³/mol. The van der Waals surface area contributed by atoms with Crippen LogP contribution in [0.15, 0.2) is 59.7 Å². The van der Waals surface area contributed by atoms with Crippen LogP contribution in [0.2, 0.25) is 0 Å². The first kappa shape index (κ1) is 11.9. The summed E-state index contributed by atoms with van der Waals surface area (Å²) in [4.78, 5) is 0. The number of para-hydroxylation sites is 2. The van der Waals surface area contributed by atoms with E-state index in [1.54, 1.807) is 4.68 Å². The van der Waals surface area contributed by atoms with Crippen LogP contribution in [0, 0.1) is 4.77 Å². The van der Waals surface area contributed by atoms with Crippen molar-refractivity contribution in [3.05, 3.63) is 64.9 Å². The zero-order valence-electron chi connectivity index (χ0n) is 10.5. The Labute approximate surface area is 116 Å². The molecule has 0 aliphatic heterocycles. The number of aromatic nitrogens is 2. The number of hydrogen-bond acceptors (Lipinski definition) is 2. The van der Waals surface area contributed by atoms with E-state index in [2.05, 4.69) is 5.10 Å². The Hall–Kier alpha value is -2.20. The molecular formula is C15H13N3S. The Kier molecular flexibility index (Phi) is 3.01. The van der Waals surface area contributed by atoms with Crippen molar-refractivity contribution in [3.63, 3.8) is 0 Å². The molecule has 0 saturated heterocycles. The molecule has 1 aromatic heterocycles. The van der Waals surface area contributed by atoms with Crippen molar-refractivity contribution in [1.29, 1.82) is 0 Å². The van der Waals surface area contributed by atoms with Gasteiger partial charge in [-0.05, 0) is 29.9 Å². The van der Waals surface area contributed by atoms with Crippen LogP contribution in [0.25, 0.3) is 11.0 Å². The van der Waals surface area contributed by atoms with Gasteiger partial charge in [0.15, 0.2) is 0 Å². The molecule has 0 atom stereocenters. The smallest absolute Gasteiger partial charge is 0.201 e. The van der Waals surface area contributed by atoms with Crippen molar-refractivity contribution in [2.75, 3.05) is 0 Å². The number of benzene rings is 2. The van der Waals surface area contributed by atoms with Gasteiger partial charge >= 0.3 is 0 Å². The van der Waals surface area contributed by atoms with Crippen LogP contribution in [0.1, 0.15) is 5.56 Å². The van der Waals surface area contributed by atoms with Gasteiger partial charge in [0, 0.05) is 7.05 Å². The maximum atomic E-state index is 5.42. The third-order valence-corrected chi connectivity index (χ3v) is 3.51. The van der Waals surface area contributed by atoms with E-state index in [9.17, 15) is 0 Å². The number of nitrogens with zero attached hydrogens (tertiary/aromatic N) is 3. The number of rotatable bonds is 2. The van der Waals surface area contributed by atoms with E-state index < -0.39 is 0 Å². The summed E-state index contributed by atoms with van der Waals surface area (Å²) in [6.07, 6.45) is 1.82. The molecular weight excluding hydrogens is 254 g/mol. The molecule has 0 N–H and O–H groups in total. The van der Waals surface area contributed by atoms with Gasteiger partial charge in [-0.15, -0.1) is 0 Å². The highest BCUT2D eigenvalue weighted by Gasteiger charge is 2.05.